The number of halogens is 1. The molecule has 11 nitrogen and oxygen atoms in total. The standard InChI is InChI=1S/C33H34ClN5O6/c1-4-44-28-15-22(31-30(32(41)43-3)20(2)36-33(42)37-31)11-14-27(28)45-19-29(40)38-35-16-23-18-39(26-8-6-5-7-25(23)26)17-21-9-12-24(34)13-10-21/h5-16,18,29,31,38,40H,4,17,19H2,1-3H3,(H2,36,37,42)/b35-16+/t29-,31-/m0/s1. The second-order valence-electron chi connectivity index (χ2n) is 10.3. The van der Waals surface area contributed by atoms with Crippen LogP contribution in [0, 0.1) is 0 Å². The number of nitrogens with one attached hydrogen (secondary N) is 3. The van der Waals surface area contributed by atoms with Crippen molar-refractivity contribution in [3.63, 3.8) is 0 Å². The lowest BCUT2D eigenvalue weighted by Gasteiger charge is -2.28. The van der Waals surface area contributed by atoms with E-state index in [9.17, 15) is 14.7 Å². The van der Waals surface area contributed by atoms with E-state index >= 15 is 0 Å². The number of urea groups is 1. The van der Waals surface area contributed by atoms with E-state index in [4.69, 9.17) is 25.8 Å². The highest BCUT2D eigenvalue weighted by Crippen LogP contribution is 2.35. The Kier molecular flexibility index (Phi) is 9.91. The smallest absolute Gasteiger partial charge is 0.337 e. The van der Waals surface area contributed by atoms with Gasteiger partial charge in [-0.2, -0.15) is 5.10 Å². The van der Waals surface area contributed by atoms with Crippen LogP contribution in [0.5, 0.6) is 11.5 Å². The monoisotopic (exact) mass is 631 g/mol. The number of esters is 1. The van der Waals surface area contributed by atoms with Gasteiger partial charge >= 0.3 is 12.0 Å². The van der Waals surface area contributed by atoms with Crippen molar-refractivity contribution in [1.82, 2.24) is 20.6 Å². The van der Waals surface area contributed by atoms with Gasteiger partial charge in [0.05, 0.1) is 31.5 Å². The molecule has 1 aromatic heterocycles. The molecule has 2 atom stereocenters. The van der Waals surface area contributed by atoms with E-state index in [1.54, 1.807) is 31.3 Å². The zero-order valence-corrected chi connectivity index (χ0v) is 25.8. The van der Waals surface area contributed by atoms with E-state index in [1.165, 1.54) is 7.11 Å². The third-order valence-corrected chi connectivity index (χ3v) is 7.44. The van der Waals surface area contributed by atoms with Gasteiger partial charge in [0, 0.05) is 39.9 Å². The highest BCUT2D eigenvalue weighted by atomic mass is 35.5. The average molecular weight is 632 g/mol. The minimum atomic E-state index is -1.13. The van der Waals surface area contributed by atoms with Crippen LogP contribution in [0.1, 0.15) is 36.6 Å². The summed E-state index contributed by atoms with van der Waals surface area (Å²) < 4.78 is 18.7. The number of ether oxygens (including phenoxy) is 3. The first-order chi connectivity index (χ1) is 21.8. The zero-order valence-electron chi connectivity index (χ0n) is 25.0. The Bertz CT molecular complexity index is 1750. The van der Waals surface area contributed by atoms with E-state index in [2.05, 4.69) is 25.7 Å². The molecule has 45 heavy (non-hydrogen) atoms. The largest absolute Gasteiger partial charge is 0.490 e. The van der Waals surface area contributed by atoms with Crippen LogP contribution in [0.15, 0.2) is 89.3 Å². The van der Waals surface area contributed by atoms with Gasteiger partial charge in [-0.05, 0) is 55.3 Å². The molecule has 1 aliphatic rings. The van der Waals surface area contributed by atoms with E-state index in [0.29, 0.717) is 40.9 Å². The maximum Gasteiger partial charge on any atom is 0.337 e. The number of fused-ring (bicyclic) bond motifs is 1. The molecule has 2 amide bonds. The van der Waals surface area contributed by atoms with Crippen molar-refractivity contribution in [2.24, 2.45) is 5.10 Å². The normalized spacial score (nSPS) is 15.5. The van der Waals surface area contributed by atoms with Crippen molar-refractivity contribution in [3.8, 4) is 11.5 Å². The van der Waals surface area contributed by atoms with Crippen LogP contribution in [-0.2, 0) is 16.1 Å². The number of aliphatic hydroxyl groups excluding tert-OH is 1. The molecular formula is C33H34ClN5O6. The topological polar surface area (TPSA) is 135 Å². The van der Waals surface area contributed by atoms with Gasteiger partial charge in [0.1, 0.15) is 6.61 Å². The Morgan fingerprint density at radius 2 is 1.91 bits per heavy atom. The Balaban J connectivity index is 1.25. The number of carbonyl (C=O) groups is 2. The van der Waals surface area contributed by atoms with Crippen molar-refractivity contribution in [2.75, 3.05) is 20.3 Å². The second kappa shape index (κ2) is 14.2. The summed E-state index contributed by atoms with van der Waals surface area (Å²) in [5, 5.41) is 21.9. The van der Waals surface area contributed by atoms with Crippen LogP contribution in [-0.4, -0.2) is 54.4 Å². The molecule has 12 heteroatoms. The van der Waals surface area contributed by atoms with Crippen molar-refractivity contribution in [1.29, 1.82) is 0 Å². The molecule has 0 radical (unpaired) electrons. The highest BCUT2D eigenvalue weighted by molar-refractivity contribution is 6.30. The molecular weight excluding hydrogens is 598 g/mol. The van der Waals surface area contributed by atoms with Gasteiger partial charge in [0.2, 0.25) is 0 Å². The molecule has 3 aromatic carbocycles. The van der Waals surface area contributed by atoms with Crippen molar-refractivity contribution in [2.45, 2.75) is 32.7 Å². The van der Waals surface area contributed by atoms with E-state index in [0.717, 1.165) is 22.0 Å². The number of hydrogen-bond donors (Lipinski definition) is 4. The van der Waals surface area contributed by atoms with Crippen molar-refractivity contribution < 1.29 is 28.9 Å². The lowest BCUT2D eigenvalue weighted by atomic mass is 9.95. The summed E-state index contributed by atoms with van der Waals surface area (Å²) in [6, 6.07) is 19.6. The predicted molar refractivity (Wildman–Crippen MR) is 171 cm³/mol. The average Bonchev–Trinajstić information content (AvgIpc) is 3.37. The van der Waals surface area contributed by atoms with Crippen LogP contribution in [0.25, 0.3) is 10.9 Å². The lowest BCUT2D eigenvalue weighted by molar-refractivity contribution is -0.136. The molecule has 5 rings (SSSR count). The fraction of sp³-hybridized carbons (Fsp3) is 0.242. The molecule has 0 unspecified atom stereocenters. The zero-order chi connectivity index (χ0) is 31.9. The highest BCUT2D eigenvalue weighted by Gasteiger charge is 2.32. The minimum Gasteiger partial charge on any atom is -0.490 e. The Hall–Kier alpha value is -5.00. The first-order valence-corrected chi connectivity index (χ1v) is 14.7. The number of rotatable bonds is 12. The van der Waals surface area contributed by atoms with Gasteiger partial charge in [-0.25, -0.2) is 9.59 Å². The van der Waals surface area contributed by atoms with Crippen LogP contribution in [0.4, 0.5) is 4.79 Å². The lowest BCUT2D eigenvalue weighted by Crippen LogP contribution is -2.45. The summed E-state index contributed by atoms with van der Waals surface area (Å²) in [4.78, 5) is 24.7. The van der Waals surface area contributed by atoms with Gasteiger partial charge in [-0.15, -0.1) is 0 Å². The van der Waals surface area contributed by atoms with Gasteiger partial charge < -0.3 is 34.5 Å². The molecule has 0 saturated heterocycles. The summed E-state index contributed by atoms with van der Waals surface area (Å²) in [6.45, 7) is 4.33. The predicted octanol–water partition coefficient (Wildman–Crippen LogP) is 4.86. The van der Waals surface area contributed by atoms with Crippen LogP contribution < -0.4 is 25.5 Å². The molecule has 4 N–H and O–H groups in total. The molecule has 234 valence electrons. The first kappa shape index (κ1) is 31.4. The van der Waals surface area contributed by atoms with Crippen LogP contribution >= 0.6 is 11.6 Å². The number of para-hydroxylation sites is 1. The van der Waals surface area contributed by atoms with Crippen molar-refractivity contribution >= 4 is 40.7 Å². The molecule has 0 spiro atoms. The van der Waals surface area contributed by atoms with E-state index < -0.39 is 24.3 Å². The number of aliphatic hydroxyl groups is 1. The SMILES string of the molecule is CCOc1cc([C@@H]2NC(=O)NC(C)=C2C(=O)OC)ccc1OC[C@H](O)N/N=C/c1cn(Cc2ccc(Cl)cc2)c2ccccc12. The van der Waals surface area contributed by atoms with Gasteiger partial charge in [-0.3, -0.25) is 5.43 Å². The number of hydrogen-bond acceptors (Lipinski definition) is 8. The molecule has 4 aromatic rings. The Morgan fingerprint density at radius 1 is 1.13 bits per heavy atom. The molecule has 0 fully saturated rings. The fourth-order valence-electron chi connectivity index (χ4n) is 5.11. The number of carbonyl (C=O) groups excluding carboxylic acids is 2. The van der Waals surface area contributed by atoms with Gasteiger partial charge in [0.15, 0.2) is 17.7 Å². The van der Waals surface area contributed by atoms with Crippen LogP contribution in [0.3, 0.4) is 0 Å². The molecule has 0 aliphatic carbocycles. The molecule has 0 bridgehead atoms. The Morgan fingerprint density at radius 3 is 2.67 bits per heavy atom. The van der Waals surface area contributed by atoms with E-state index in [-0.39, 0.29) is 12.2 Å². The van der Waals surface area contributed by atoms with Crippen LogP contribution in [0.2, 0.25) is 5.02 Å². The summed E-state index contributed by atoms with van der Waals surface area (Å²) in [5.74, 6) is 0.189. The minimum absolute atomic E-state index is 0.133. The number of nitrogens with zero attached hydrogens (tertiary/aromatic N) is 2. The fourth-order valence-corrected chi connectivity index (χ4v) is 5.24. The number of benzene rings is 3. The second-order valence-corrected chi connectivity index (χ2v) is 10.7. The quantitative estimate of drug-likeness (QED) is 0.0759. The maximum atomic E-state index is 12.5. The first-order valence-electron chi connectivity index (χ1n) is 14.3. The number of hydrazone groups is 1. The molecule has 2 heterocycles. The van der Waals surface area contributed by atoms with E-state index in [1.807, 2.05) is 61.7 Å². The molecule has 0 saturated carbocycles. The maximum absolute atomic E-state index is 12.5. The number of allylic oxidation sites excluding steroid dienone is 1. The number of methoxy groups -OCH3 is 1. The molecule has 1 aliphatic heterocycles. The summed E-state index contributed by atoms with van der Waals surface area (Å²) in [5.41, 5.74) is 7.03. The summed E-state index contributed by atoms with van der Waals surface area (Å²) in [6.07, 6.45) is 2.54. The third kappa shape index (κ3) is 7.39. The summed E-state index contributed by atoms with van der Waals surface area (Å²) in [7, 11) is 1.28. The van der Waals surface area contributed by atoms with Gasteiger partial charge in [-0.1, -0.05) is 48.0 Å². The number of aromatic nitrogens is 1. The third-order valence-electron chi connectivity index (χ3n) is 7.18. The Labute approximate surface area is 265 Å². The van der Waals surface area contributed by atoms with Crippen molar-refractivity contribution in [3.05, 3.63) is 106 Å². The van der Waals surface area contributed by atoms with Gasteiger partial charge in [0.25, 0.3) is 0 Å². The summed E-state index contributed by atoms with van der Waals surface area (Å²) >= 11 is 6.04. The number of amides is 2.